The molecule has 1 amide bonds. The Labute approximate surface area is 95.2 Å². The summed E-state index contributed by atoms with van der Waals surface area (Å²) in [6, 6.07) is 9.53. The molecule has 3 nitrogen and oxygen atoms in total. The first kappa shape index (κ1) is 12.0. The number of rotatable bonds is 4. The van der Waals surface area contributed by atoms with Gasteiger partial charge in [0.25, 0.3) is 5.91 Å². The van der Waals surface area contributed by atoms with Crippen LogP contribution < -0.4 is 5.73 Å². The van der Waals surface area contributed by atoms with E-state index in [-0.39, 0.29) is 5.57 Å². The van der Waals surface area contributed by atoms with Gasteiger partial charge in [-0.05, 0) is 23.6 Å². The Morgan fingerprint density at radius 3 is 2.88 bits per heavy atom. The smallest absolute Gasteiger partial charge is 0.259 e. The molecule has 1 rings (SSSR count). The molecule has 0 radical (unpaired) electrons. The number of benzene rings is 1. The Kier molecular flexibility index (Phi) is 4.28. The lowest BCUT2D eigenvalue weighted by Crippen LogP contribution is -2.12. The number of nitrogens with two attached hydrogens (primary N) is 1. The molecule has 0 heterocycles. The van der Waals surface area contributed by atoms with Crippen LogP contribution in [0.1, 0.15) is 24.5 Å². The van der Waals surface area contributed by atoms with Gasteiger partial charge in [0.05, 0.1) is 0 Å². The number of nitriles is 1. The van der Waals surface area contributed by atoms with E-state index in [4.69, 9.17) is 11.0 Å². The van der Waals surface area contributed by atoms with Crippen molar-refractivity contribution in [1.29, 1.82) is 5.26 Å². The second kappa shape index (κ2) is 5.72. The molecule has 0 aliphatic rings. The predicted octanol–water partition coefficient (Wildman–Crippen LogP) is 2.03. The van der Waals surface area contributed by atoms with Crippen LogP contribution in [0.15, 0.2) is 29.8 Å². The lowest BCUT2D eigenvalue weighted by molar-refractivity contribution is -0.114. The summed E-state index contributed by atoms with van der Waals surface area (Å²) in [5.41, 5.74) is 7.07. The van der Waals surface area contributed by atoms with Crippen LogP contribution in [0.4, 0.5) is 0 Å². The first-order valence-corrected chi connectivity index (χ1v) is 5.18. The summed E-state index contributed by atoms with van der Waals surface area (Å²) < 4.78 is 0. The zero-order valence-corrected chi connectivity index (χ0v) is 9.23. The Morgan fingerprint density at radius 1 is 1.56 bits per heavy atom. The molecule has 2 N–H and O–H groups in total. The Morgan fingerprint density at radius 2 is 2.31 bits per heavy atom. The van der Waals surface area contributed by atoms with E-state index < -0.39 is 5.91 Å². The number of aryl methyl sites for hydroxylation is 1. The van der Waals surface area contributed by atoms with Gasteiger partial charge in [0, 0.05) is 0 Å². The summed E-state index contributed by atoms with van der Waals surface area (Å²) in [5.74, 6) is -0.691. The molecular formula is C13H14N2O. The minimum Gasteiger partial charge on any atom is -0.365 e. The van der Waals surface area contributed by atoms with Crippen LogP contribution in [0.5, 0.6) is 0 Å². The molecule has 0 aliphatic carbocycles. The Balaban J connectivity index is 3.01. The van der Waals surface area contributed by atoms with Crippen LogP contribution in [-0.4, -0.2) is 5.91 Å². The first-order valence-electron chi connectivity index (χ1n) is 5.18. The van der Waals surface area contributed by atoms with E-state index in [1.54, 1.807) is 6.07 Å². The minimum atomic E-state index is -0.691. The third-order valence-electron chi connectivity index (χ3n) is 2.19. The molecule has 0 unspecified atom stereocenters. The molecule has 1 aromatic carbocycles. The van der Waals surface area contributed by atoms with Gasteiger partial charge in [-0.15, -0.1) is 0 Å². The molecule has 0 saturated heterocycles. The number of carbonyl (C=O) groups excluding carboxylic acids is 1. The van der Waals surface area contributed by atoms with Crippen molar-refractivity contribution in [1.82, 2.24) is 0 Å². The van der Waals surface area contributed by atoms with E-state index in [2.05, 4.69) is 6.92 Å². The normalized spacial score (nSPS) is 10.9. The van der Waals surface area contributed by atoms with Crippen molar-refractivity contribution in [2.45, 2.75) is 19.8 Å². The third-order valence-corrected chi connectivity index (χ3v) is 2.19. The van der Waals surface area contributed by atoms with E-state index in [0.717, 1.165) is 18.4 Å². The third kappa shape index (κ3) is 3.25. The minimum absolute atomic E-state index is 0.0198. The van der Waals surface area contributed by atoms with Crippen molar-refractivity contribution < 1.29 is 4.79 Å². The largest absolute Gasteiger partial charge is 0.365 e. The van der Waals surface area contributed by atoms with E-state index in [9.17, 15) is 4.79 Å². The van der Waals surface area contributed by atoms with E-state index in [1.807, 2.05) is 24.3 Å². The predicted molar refractivity (Wildman–Crippen MR) is 63.2 cm³/mol. The molecule has 16 heavy (non-hydrogen) atoms. The molecule has 1 aromatic rings. The van der Waals surface area contributed by atoms with Gasteiger partial charge >= 0.3 is 0 Å². The van der Waals surface area contributed by atoms with Gasteiger partial charge in [0.2, 0.25) is 0 Å². The summed E-state index contributed by atoms with van der Waals surface area (Å²) in [6.45, 7) is 2.10. The van der Waals surface area contributed by atoms with Crippen molar-refractivity contribution in [3.63, 3.8) is 0 Å². The molecule has 0 bridgehead atoms. The molecule has 0 spiro atoms. The van der Waals surface area contributed by atoms with Crippen molar-refractivity contribution in [3.05, 3.63) is 41.0 Å². The molecule has 3 heteroatoms. The average molecular weight is 214 g/mol. The topological polar surface area (TPSA) is 66.9 Å². The standard InChI is InChI=1S/C13H14N2O/c1-2-4-10-5-3-6-11(7-10)8-12(9-14)13(15)16/h3,5-8H,2,4H2,1H3,(H2,15,16)/b12-8+. The number of primary amides is 1. The summed E-state index contributed by atoms with van der Waals surface area (Å²) in [6.07, 6.45) is 3.57. The van der Waals surface area contributed by atoms with E-state index in [1.165, 1.54) is 11.6 Å². The van der Waals surface area contributed by atoms with Gasteiger partial charge in [-0.25, -0.2) is 0 Å². The van der Waals surface area contributed by atoms with Gasteiger partial charge in [0.15, 0.2) is 0 Å². The number of carbonyl (C=O) groups is 1. The van der Waals surface area contributed by atoms with Gasteiger partial charge in [0.1, 0.15) is 11.6 Å². The van der Waals surface area contributed by atoms with E-state index >= 15 is 0 Å². The number of hydrogen-bond donors (Lipinski definition) is 1. The summed E-state index contributed by atoms with van der Waals surface area (Å²) >= 11 is 0. The average Bonchev–Trinajstić information content (AvgIpc) is 2.26. The fraction of sp³-hybridized carbons (Fsp3) is 0.231. The first-order chi connectivity index (χ1) is 7.67. The Hall–Kier alpha value is -2.08. The van der Waals surface area contributed by atoms with Crippen LogP contribution in [0, 0.1) is 11.3 Å². The van der Waals surface area contributed by atoms with Crippen LogP contribution in [0.25, 0.3) is 6.08 Å². The maximum atomic E-state index is 10.9. The summed E-state index contributed by atoms with van der Waals surface area (Å²) in [7, 11) is 0. The second-order valence-corrected chi connectivity index (χ2v) is 3.53. The van der Waals surface area contributed by atoms with Crippen LogP contribution in [0.2, 0.25) is 0 Å². The molecule has 82 valence electrons. The highest BCUT2D eigenvalue weighted by Crippen LogP contribution is 2.11. The molecule has 0 saturated carbocycles. The number of hydrogen-bond acceptors (Lipinski definition) is 2. The van der Waals surface area contributed by atoms with Crippen LogP contribution in [0.3, 0.4) is 0 Å². The molecule has 0 fully saturated rings. The SMILES string of the molecule is CCCc1cccc(/C=C(\C#N)C(N)=O)c1. The highest BCUT2D eigenvalue weighted by molar-refractivity contribution is 6.00. The fourth-order valence-electron chi connectivity index (χ4n) is 1.45. The Bertz CT molecular complexity index is 455. The fourth-order valence-corrected chi connectivity index (χ4v) is 1.45. The zero-order valence-electron chi connectivity index (χ0n) is 9.23. The highest BCUT2D eigenvalue weighted by Gasteiger charge is 2.03. The molecule has 0 aliphatic heterocycles. The van der Waals surface area contributed by atoms with Gasteiger partial charge in [-0.1, -0.05) is 37.6 Å². The summed E-state index contributed by atoms with van der Waals surface area (Å²) in [4.78, 5) is 10.9. The zero-order chi connectivity index (χ0) is 12.0. The maximum absolute atomic E-state index is 10.9. The highest BCUT2D eigenvalue weighted by atomic mass is 16.1. The van der Waals surface area contributed by atoms with Gasteiger partial charge < -0.3 is 5.73 Å². The van der Waals surface area contributed by atoms with Crippen LogP contribution in [-0.2, 0) is 11.2 Å². The van der Waals surface area contributed by atoms with Gasteiger partial charge in [-0.2, -0.15) is 5.26 Å². The van der Waals surface area contributed by atoms with Crippen molar-refractivity contribution in [3.8, 4) is 6.07 Å². The molecule has 0 aromatic heterocycles. The van der Waals surface area contributed by atoms with Crippen molar-refractivity contribution >= 4 is 12.0 Å². The van der Waals surface area contributed by atoms with Gasteiger partial charge in [-0.3, -0.25) is 4.79 Å². The number of amides is 1. The number of nitrogens with zero attached hydrogens (tertiary/aromatic N) is 1. The molecular weight excluding hydrogens is 200 g/mol. The maximum Gasteiger partial charge on any atom is 0.259 e. The second-order valence-electron chi connectivity index (χ2n) is 3.53. The van der Waals surface area contributed by atoms with Crippen LogP contribution >= 0.6 is 0 Å². The molecule has 0 atom stereocenters. The van der Waals surface area contributed by atoms with Crippen molar-refractivity contribution in [2.24, 2.45) is 5.73 Å². The van der Waals surface area contributed by atoms with Crippen molar-refractivity contribution in [2.75, 3.05) is 0 Å². The quantitative estimate of drug-likeness (QED) is 0.615. The lowest BCUT2D eigenvalue weighted by atomic mass is 10.0. The van der Waals surface area contributed by atoms with E-state index in [0.29, 0.717) is 0 Å². The monoisotopic (exact) mass is 214 g/mol. The lowest BCUT2D eigenvalue weighted by Gasteiger charge is -2.00. The summed E-state index contributed by atoms with van der Waals surface area (Å²) in [5, 5.41) is 8.71.